The van der Waals surface area contributed by atoms with E-state index in [2.05, 4.69) is 15.6 Å². The molecule has 0 fully saturated rings. The Morgan fingerprint density at radius 2 is 2.33 bits per heavy atom. The van der Waals surface area contributed by atoms with Crippen LogP contribution in [0.15, 0.2) is 24.8 Å². The minimum atomic E-state index is -2.36. The van der Waals surface area contributed by atoms with E-state index in [-0.39, 0.29) is 6.61 Å². The van der Waals surface area contributed by atoms with Crippen LogP contribution in [0.2, 0.25) is 0 Å². The standard InChI is InChI=1S/C7H10O4P/c1-3-5-7(8)11-12(9)10-6-4-2/h3-5H,2,6H2,1H3/q+1. The van der Waals surface area contributed by atoms with E-state index in [0.29, 0.717) is 0 Å². The Morgan fingerprint density at radius 3 is 2.83 bits per heavy atom. The van der Waals surface area contributed by atoms with E-state index < -0.39 is 14.2 Å². The first-order chi connectivity index (χ1) is 5.70. The van der Waals surface area contributed by atoms with Crippen molar-refractivity contribution in [2.24, 2.45) is 0 Å². The summed E-state index contributed by atoms with van der Waals surface area (Å²) in [7, 11) is -2.36. The summed E-state index contributed by atoms with van der Waals surface area (Å²) in [4.78, 5) is 10.6. The van der Waals surface area contributed by atoms with Gasteiger partial charge in [0.25, 0.3) is 0 Å². The number of rotatable bonds is 5. The van der Waals surface area contributed by atoms with Crippen LogP contribution in [0.4, 0.5) is 0 Å². The van der Waals surface area contributed by atoms with E-state index in [9.17, 15) is 9.36 Å². The molecule has 0 radical (unpaired) electrons. The van der Waals surface area contributed by atoms with Crippen molar-refractivity contribution in [2.75, 3.05) is 6.61 Å². The molecule has 4 nitrogen and oxygen atoms in total. The topological polar surface area (TPSA) is 52.6 Å². The van der Waals surface area contributed by atoms with Crippen molar-refractivity contribution in [1.29, 1.82) is 0 Å². The highest BCUT2D eigenvalue weighted by molar-refractivity contribution is 7.34. The number of carbonyl (C=O) groups is 1. The molecule has 0 N–H and O–H groups in total. The highest BCUT2D eigenvalue weighted by atomic mass is 31.1. The monoisotopic (exact) mass is 189 g/mol. The molecule has 5 heteroatoms. The van der Waals surface area contributed by atoms with Crippen LogP contribution in [0.3, 0.4) is 0 Å². The first kappa shape index (κ1) is 11.0. The lowest BCUT2D eigenvalue weighted by Crippen LogP contribution is -1.94. The highest BCUT2D eigenvalue weighted by Gasteiger charge is 2.23. The Morgan fingerprint density at radius 1 is 1.67 bits per heavy atom. The molecule has 0 spiro atoms. The Kier molecular flexibility index (Phi) is 6.15. The van der Waals surface area contributed by atoms with E-state index in [1.807, 2.05) is 0 Å². The molecule has 0 saturated heterocycles. The smallest absolute Gasteiger partial charge is 0.241 e. The normalized spacial score (nSPS) is 11.2. The molecule has 0 aromatic rings. The van der Waals surface area contributed by atoms with Gasteiger partial charge in [0.15, 0.2) is 0 Å². The van der Waals surface area contributed by atoms with E-state index >= 15 is 0 Å². The van der Waals surface area contributed by atoms with Crippen molar-refractivity contribution in [3.05, 3.63) is 24.8 Å². The van der Waals surface area contributed by atoms with E-state index in [4.69, 9.17) is 0 Å². The van der Waals surface area contributed by atoms with Gasteiger partial charge in [0, 0.05) is 10.6 Å². The lowest BCUT2D eigenvalue weighted by Gasteiger charge is -1.83. The van der Waals surface area contributed by atoms with Crippen LogP contribution < -0.4 is 0 Å². The van der Waals surface area contributed by atoms with Gasteiger partial charge in [-0.3, -0.25) is 0 Å². The summed E-state index contributed by atoms with van der Waals surface area (Å²) in [6.07, 6.45) is 4.06. The van der Waals surface area contributed by atoms with Gasteiger partial charge in [-0.15, -0.1) is 11.1 Å². The maximum atomic E-state index is 10.7. The van der Waals surface area contributed by atoms with Crippen molar-refractivity contribution >= 4 is 14.2 Å². The largest absolute Gasteiger partial charge is 0.753 e. The zero-order valence-corrected chi connectivity index (χ0v) is 7.62. The second kappa shape index (κ2) is 6.70. The quantitative estimate of drug-likeness (QED) is 0.377. The zero-order valence-electron chi connectivity index (χ0n) is 6.73. The Balaban J connectivity index is 3.68. The summed E-state index contributed by atoms with van der Waals surface area (Å²) in [5.41, 5.74) is 0. The molecule has 0 heterocycles. The van der Waals surface area contributed by atoms with Gasteiger partial charge in [-0.2, -0.15) is 4.52 Å². The van der Waals surface area contributed by atoms with Crippen molar-refractivity contribution in [1.82, 2.24) is 0 Å². The molecule has 0 bridgehead atoms. The lowest BCUT2D eigenvalue weighted by molar-refractivity contribution is -0.129. The fraction of sp³-hybridized carbons (Fsp3) is 0.286. The molecular formula is C7H10O4P+. The van der Waals surface area contributed by atoms with Gasteiger partial charge in [-0.05, 0) is 6.92 Å². The summed E-state index contributed by atoms with van der Waals surface area (Å²) in [5.74, 6) is -0.678. The van der Waals surface area contributed by atoms with Gasteiger partial charge in [-0.25, -0.2) is 4.79 Å². The molecule has 0 aromatic carbocycles. The van der Waals surface area contributed by atoms with E-state index in [0.717, 1.165) is 6.08 Å². The van der Waals surface area contributed by atoms with Crippen LogP contribution >= 0.6 is 8.25 Å². The van der Waals surface area contributed by atoms with Crippen molar-refractivity contribution in [3.8, 4) is 0 Å². The minimum absolute atomic E-state index is 0.0956. The van der Waals surface area contributed by atoms with Crippen LogP contribution in [0.25, 0.3) is 0 Å². The third-order valence-electron chi connectivity index (χ3n) is 0.765. The lowest BCUT2D eigenvalue weighted by atomic mass is 10.5. The van der Waals surface area contributed by atoms with Gasteiger partial charge >= 0.3 is 14.2 Å². The minimum Gasteiger partial charge on any atom is -0.241 e. The van der Waals surface area contributed by atoms with Gasteiger partial charge in [0.1, 0.15) is 6.61 Å². The molecule has 0 aliphatic heterocycles. The second-order valence-electron chi connectivity index (χ2n) is 1.72. The van der Waals surface area contributed by atoms with Gasteiger partial charge in [0.05, 0.1) is 0 Å². The highest BCUT2D eigenvalue weighted by Crippen LogP contribution is 2.23. The SMILES string of the molecule is C=CCO[P+](=O)OC(=O)C=CC. The average molecular weight is 189 g/mol. The summed E-state index contributed by atoms with van der Waals surface area (Å²) in [6, 6.07) is 0. The summed E-state index contributed by atoms with van der Waals surface area (Å²) < 4.78 is 19.5. The van der Waals surface area contributed by atoms with Crippen LogP contribution in [0.5, 0.6) is 0 Å². The average Bonchev–Trinajstić information content (AvgIpc) is 2.01. The first-order valence-corrected chi connectivity index (χ1v) is 4.36. The predicted octanol–water partition coefficient (Wildman–Crippen LogP) is 1.97. The molecule has 1 unspecified atom stereocenters. The Bertz CT molecular complexity index is 209. The molecule has 0 aromatic heterocycles. The first-order valence-electron chi connectivity index (χ1n) is 3.26. The molecule has 0 aliphatic rings. The number of hydrogen-bond donors (Lipinski definition) is 0. The predicted molar refractivity (Wildman–Crippen MR) is 44.7 cm³/mol. The number of allylic oxidation sites excluding steroid dienone is 1. The number of carbonyl (C=O) groups excluding carboxylic acids is 1. The van der Waals surface area contributed by atoms with Crippen LogP contribution in [0, 0.1) is 0 Å². The third kappa shape index (κ3) is 5.77. The maximum Gasteiger partial charge on any atom is 0.753 e. The van der Waals surface area contributed by atoms with Crippen molar-refractivity contribution in [2.45, 2.75) is 6.92 Å². The molecule has 0 aliphatic carbocycles. The molecule has 66 valence electrons. The summed E-state index contributed by atoms with van der Waals surface area (Å²) in [6.45, 7) is 5.09. The van der Waals surface area contributed by atoms with Crippen LogP contribution in [-0.4, -0.2) is 12.6 Å². The fourth-order valence-electron chi connectivity index (χ4n) is 0.380. The Labute approximate surface area is 71.8 Å². The molecule has 0 amide bonds. The zero-order chi connectivity index (χ0) is 9.40. The molecule has 0 saturated carbocycles. The summed E-state index contributed by atoms with van der Waals surface area (Å²) >= 11 is 0. The maximum absolute atomic E-state index is 10.7. The van der Waals surface area contributed by atoms with Gasteiger partial charge < -0.3 is 0 Å². The van der Waals surface area contributed by atoms with Crippen molar-refractivity contribution < 1.29 is 18.4 Å². The van der Waals surface area contributed by atoms with Crippen LogP contribution in [-0.2, 0) is 18.4 Å². The van der Waals surface area contributed by atoms with Gasteiger partial charge in [0.2, 0.25) is 0 Å². The van der Waals surface area contributed by atoms with Crippen LogP contribution in [0.1, 0.15) is 6.92 Å². The molecule has 12 heavy (non-hydrogen) atoms. The summed E-state index contributed by atoms with van der Waals surface area (Å²) in [5, 5.41) is 0. The van der Waals surface area contributed by atoms with Crippen molar-refractivity contribution in [3.63, 3.8) is 0 Å². The Hall–Kier alpha value is -0.990. The fourth-order valence-corrected chi connectivity index (χ4v) is 0.868. The number of hydrogen-bond acceptors (Lipinski definition) is 4. The second-order valence-corrected chi connectivity index (χ2v) is 2.61. The molecular weight excluding hydrogens is 179 g/mol. The van der Waals surface area contributed by atoms with E-state index in [1.54, 1.807) is 6.92 Å². The molecule has 1 atom stereocenters. The van der Waals surface area contributed by atoms with Gasteiger partial charge in [-0.1, -0.05) is 12.2 Å². The third-order valence-corrected chi connectivity index (χ3v) is 1.45. The van der Waals surface area contributed by atoms with E-state index in [1.165, 1.54) is 12.2 Å². The molecule has 0 rings (SSSR count).